The van der Waals surface area contributed by atoms with E-state index in [1.807, 2.05) is 0 Å². The molecule has 0 atom stereocenters. The molecular formula is C58H48BN2O. The van der Waals surface area contributed by atoms with Gasteiger partial charge < -0.3 is 14.6 Å². The van der Waals surface area contributed by atoms with Crippen LogP contribution in [0.25, 0.3) is 33.1 Å². The maximum Gasteiger partial charge on any atom is 0.197 e. The van der Waals surface area contributed by atoms with Gasteiger partial charge in [-0.2, -0.15) is 0 Å². The van der Waals surface area contributed by atoms with Crippen LogP contribution in [0.3, 0.4) is 0 Å². The van der Waals surface area contributed by atoms with Crippen molar-refractivity contribution in [2.24, 2.45) is 0 Å². The predicted octanol–water partition coefficient (Wildman–Crippen LogP) is 13.8. The lowest BCUT2D eigenvalue weighted by atomic mass is 9.54. The van der Waals surface area contributed by atoms with Crippen molar-refractivity contribution >= 4 is 68.6 Å². The smallest absolute Gasteiger partial charge is 0.197 e. The summed E-state index contributed by atoms with van der Waals surface area (Å²) in [6, 6.07) is 62.9. The van der Waals surface area contributed by atoms with Crippen molar-refractivity contribution in [2.75, 3.05) is 10.2 Å². The van der Waals surface area contributed by atoms with Crippen LogP contribution in [0.5, 0.6) is 0 Å². The number of hydrogen-bond acceptors (Lipinski definition) is 3. The van der Waals surface area contributed by atoms with Crippen molar-refractivity contribution in [3.8, 4) is 11.1 Å². The summed E-state index contributed by atoms with van der Waals surface area (Å²) in [5.74, 6) is 0. The summed E-state index contributed by atoms with van der Waals surface area (Å²) in [7, 11) is 2.45. The van der Waals surface area contributed by atoms with Gasteiger partial charge in [0.25, 0.3) is 0 Å². The third-order valence-corrected chi connectivity index (χ3v) is 14.4. The van der Waals surface area contributed by atoms with Gasteiger partial charge in [-0.25, -0.2) is 0 Å². The minimum Gasteiger partial charge on any atom is -0.456 e. The molecule has 1 radical (unpaired) electrons. The zero-order valence-corrected chi connectivity index (χ0v) is 36.0. The van der Waals surface area contributed by atoms with Crippen LogP contribution in [0.1, 0.15) is 79.5 Å². The van der Waals surface area contributed by atoms with Gasteiger partial charge in [-0.1, -0.05) is 161 Å². The largest absolute Gasteiger partial charge is 0.456 e. The van der Waals surface area contributed by atoms with Gasteiger partial charge >= 0.3 is 0 Å². The van der Waals surface area contributed by atoms with E-state index >= 15 is 0 Å². The molecule has 8 aromatic carbocycles. The summed E-state index contributed by atoms with van der Waals surface area (Å²) in [6.07, 6.45) is 2.36. The fourth-order valence-electron chi connectivity index (χ4n) is 11.4. The fraction of sp³-hybridized carbons (Fsp3) is 0.172. The standard InChI is InChI=1S/C58H48BN2O/c1-36-33-41(52-47(29-30-51-53(52)40-21-12-15-26-50(40)62-51)60-39-27-28-42-45(35-39)57(4,5)32-31-56(42,2)3)54-49(34-36)61-48-25-14-13-22-43(48)58(37-17-8-6-9-18-37,38-19-10-7-11-20-38)44-23-16-24-46(59-54)55(44)61/h6-30,33-35,60H,31-32H2,1-5H3. The molecule has 0 bridgehead atoms. The van der Waals surface area contributed by atoms with Crippen LogP contribution in [-0.2, 0) is 16.2 Å². The Kier molecular flexibility index (Phi) is 7.98. The molecule has 62 heavy (non-hydrogen) atoms. The normalized spacial score (nSPS) is 16.2. The Bertz CT molecular complexity index is 3230. The second-order valence-electron chi connectivity index (χ2n) is 19.1. The van der Waals surface area contributed by atoms with Gasteiger partial charge in [0.2, 0.25) is 0 Å². The molecule has 0 saturated heterocycles. The maximum absolute atomic E-state index is 6.65. The van der Waals surface area contributed by atoms with Gasteiger partial charge in [0.05, 0.1) is 11.1 Å². The zero-order valence-electron chi connectivity index (χ0n) is 36.0. The molecule has 2 aliphatic heterocycles. The van der Waals surface area contributed by atoms with Crippen LogP contribution in [-0.4, -0.2) is 7.28 Å². The van der Waals surface area contributed by atoms with Crippen molar-refractivity contribution in [1.29, 1.82) is 0 Å². The number of anilines is 5. The number of hydrogen-bond donors (Lipinski definition) is 1. The van der Waals surface area contributed by atoms with E-state index in [9.17, 15) is 0 Å². The SMILES string of the molecule is Cc1cc(-c2c(Nc3ccc4c(c3)C(C)(C)CCC4(C)C)ccc3oc4ccccc4c23)c2c(c1)N1c3ccccc3C(c3ccccc3)(c3ccccc3)c3cccc(c31)[B]2. The lowest BCUT2D eigenvalue weighted by Gasteiger charge is -2.49. The number of nitrogens with one attached hydrogen (secondary N) is 1. The number of para-hydroxylation sites is 3. The van der Waals surface area contributed by atoms with E-state index in [1.54, 1.807) is 0 Å². The first kappa shape index (κ1) is 37.0. The monoisotopic (exact) mass is 799 g/mol. The zero-order chi connectivity index (χ0) is 42.0. The van der Waals surface area contributed by atoms with E-state index in [1.165, 1.54) is 85.3 Å². The molecule has 3 nitrogen and oxygen atoms in total. The van der Waals surface area contributed by atoms with Crippen LogP contribution in [0.2, 0.25) is 0 Å². The molecule has 0 unspecified atom stereocenters. The van der Waals surface area contributed by atoms with Gasteiger partial charge in [0.15, 0.2) is 7.28 Å². The van der Waals surface area contributed by atoms with Crippen molar-refractivity contribution in [3.63, 3.8) is 0 Å². The molecule has 1 aromatic heterocycles. The summed E-state index contributed by atoms with van der Waals surface area (Å²) in [6.45, 7) is 11.8. The number of fused-ring (bicyclic) bond motifs is 8. The fourth-order valence-corrected chi connectivity index (χ4v) is 11.4. The molecule has 3 heterocycles. The molecule has 3 aliphatic rings. The van der Waals surface area contributed by atoms with Crippen LogP contribution in [0, 0.1) is 6.92 Å². The second kappa shape index (κ2) is 13.4. The summed E-state index contributed by atoms with van der Waals surface area (Å²) >= 11 is 0. The minimum atomic E-state index is -0.532. The van der Waals surface area contributed by atoms with Gasteiger partial charge in [-0.15, -0.1) is 0 Å². The first-order valence-corrected chi connectivity index (χ1v) is 22.1. The highest BCUT2D eigenvalue weighted by molar-refractivity contribution is 6.73. The second-order valence-corrected chi connectivity index (χ2v) is 19.1. The van der Waals surface area contributed by atoms with Crippen LogP contribution in [0.4, 0.5) is 28.4 Å². The molecule has 4 heteroatoms. The van der Waals surface area contributed by atoms with Crippen molar-refractivity contribution in [2.45, 2.75) is 63.7 Å². The minimum absolute atomic E-state index is 0.0935. The van der Waals surface area contributed by atoms with Crippen LogP contribution < -0.4 is 21.1 Å². The number of nitrogens with zero attached hydrogens (tertiary/aromatic N) is 1. The first-order valence-electron chi connectivity index (χ1n) is 22.1. The Hall–Kier alpha value is -6.78. The van der Waals surface area contributed by atoms with E-state index in [-0.39, 0.29) is 10.8 Å². The van der Waals surface area contributed by atoms with Crippen molar-refractivity contribution in [3.05, 3.63) is 209 Å². The lowest BCUT2D eigenvalue weighted by molar-refractivity contribution is 0.332. The molecule has 0 saturated carbocycles. The third-order valence-electron chi connectivity index (χ3n) is 14.4. The highest BCUT2D eigenvalue weighted by atomic mass is 16.3. The summed E-state index contributed by atoms with van der Waals surface area (Å²) in [5, 5.41) is 6.25. The highest BCUT2D eigenvalue weighted by Gasteiger charge is 2.48. The Balaban J connectivity index is 1.12. The summed E-state index contributed by atoms with van der Waals surface area (Å²) < 4.78 is 6.65. The van der Waals surface area contributed by atoms with E-state index in [0.29, 0.717) is 0 Å². The molecule has 299 valence electrons. The quantitative estimate of drug-likeness (QED) is 0.176. The molecule has 1 aliphatic carbocycles. The van der Waals surface area contributed by atoms with Gasteiger partial charge in [0.1, 0.15) is 11.2 Å². The molecule has 12 rings (SSSR count). The number of benzene rings is 8. The molecule has 0 spiro atoms. The van der Waals surface area contributed by atoms with Crippen LogP contribution in [0.15, 0.2) is 174 Å². The number of furan rings is 1. The molecule has 0 amide bonds. The maximum atomic E-state index is 6.65. The van der Waals surface area contributed by atoms with Crippen molar-refractivity contribution < 1.29 is 4.42 Å². The van der Waals surface area contributed by atoms with E-state index in [0.717, 1.165) is 38.9 Å². The van der Waals surface area contributed by atoms with Crippen molar-refractivity contribution in [1.82, 2.24) is 0 Å². The average molecular weight is 800 g/mol. The topological polar surface area (TPSA) is 28.4 Å². The average Bonchev–Trinajstić information content (AvgIpc) is 3.67. The predicted molar refractivity (Wildman–Crippen MR) is 260 cm³/mol. The lowest BCUT2D eigenvalue weighted by Crippen LogP contribution is -2.47. The Morgan fingerprint density at radius 2 is 1.24 bits per heavy atom. The van der Waals surface area contributed by atoms with Gasteiger partial charge in [-0.3, -0.25) is 0 Å². The van der Waals surface area contributed by atoms with Gasteiger partial charge in [0, 0.05) is 39.1 Å². The van der Waals surface area contributed by atoms with E-state index in [4.69, 9.17) is 4.42 Å². The van der Waals surface area contributed by atoms with Gasteiger partial charge in [-0.05, 0) is 123 Å². The van der Waals surface area contributed by atoms with E-state index in [2.05, 4.69) is 222 Å². The Labute approximate surface area is 365 Å². The first-order chi connectivity index (χ1) is 30.1. The summed E-state index contributed by atoms with van der Waals surface area (Å²) in [5.41, 5.74) is 21.1. The number of aryl methyl sites for hydroxylation is 1. The Morgan fingerprint density at radius 3 is 2.02 bits per heavy atom. The molecule has 1 N–H and O–H groups in total. The van der Waals surface area contributed by atoms with Crippen LogP contribution >= 0.6 is 0 Å². The molecular weight excluding hydrogens is 751 g/mol. The molecule has 0 fully saturated rings. The van der Waals surface area contributed by atoms with E-state index < -0.39 is 5.41 Å². The molecule has 9 aromatic rings. The Morgan fingerprint density at radius 1 is 0.565 bits per heavy atom. The third kappa shape index (κ3) is 5.25. The summed E-state index contributed by atoms with van der Waals surface area (Å²) in [4.78, 5) is 2.56. The highest BCUT2D eigenvalue weighted by Crippen LogP contribution is 2.58. The number of rotatable bonds is 5.